The van der Waals surface area contributed by atoms with E-state index in [0.29, 0.717) is 0 Å². The SMILES string of the molecule is CSN1C=CC2=C(CNC(C(=O)OC(C)(C)C)C2)C1. The standard InChI is InChI=1S/C14H22N2O2S/c1-14(2,3)18-13(17)12-7-10-5-6-16(19-4)9-11(10)8-15-12/h5-6,12,15H,7-9H2,1-4H3. The molecule has 0 saturated carbocycles. The number of nitrogens with one attached hydrogen (secondary N) is 1. The van der Waals surface area contributed by atoms with Crippen molar-refractivity contribution >= 4 is 17.9 Å². The largest absolute Gasteiger partial charge is 0.459 e. The predicted octanol–water partition coefficient (Wildman–Crippen LogP) is 2.09. The zero-order chi connectivity index (χ0) is 14.0. The maximum Gasteiger partial charge on any atom is 0.324 e. The first-order valence-corrected chi connectivity index (χ1v) is 7.73. The minimum absolute atomic E-state index is 0.153. The Morgan fingerprint density at radius 2 is 2.26 bits per heavy atom. The summed E-state index contributed by atoms with van der Waals surface area (Å²) in [5, 5.41) is 3.28. The number of allylic oxidation sites excluding steroid dienone is 1. The quantitative estimate of drug-likeness (QED) is 0.620. The number of carbonyl (C=O) groups is 1. The number of hydrogen-bond donors (Lipinski definition) is 1. The van der Waals surface area contributed by atoms with E-state index < -0.39 is 5.60 Å². The Labute approximate surface area is 119 Å². The summed E-state index contributed by atoms with van der Waals surface area (Å²) in [5.74, 6) is -0.153. The van der Waals surface area contributed by atoms with Crippen LogP contribution in [-0.4, -0.2) is 41.3 Å². The lowest BCUT2D eigenvalue weighted by Gasteiger charge is -2.33. The highest BCUT2D eigenvalue weighted by Gasteiger charge is 2.30. The molecule has 0 aromatic carbocycles. The summed E-state index contributed by atoms with van der Waals surface area (Å²) in [6.07, 6.45) is 6.99. The average Bonchev–Trinajstić information content (AvgIpc) is 2.35. The molecule has 1 atom stereocenters. The molecule has 106 valence electrons. The fourth-order valence-corrected chi connectivity index (χ4v) is 2.69. The molecule has 4 nitrogen and oxygen atoms in total. The zero-order valence-corrected chi connectivity index (χ0v) is 12.8. The maximum atomic E-state index is 12.1. The van der Waals surface area contributed by atoms with E-state index >= 15 is 0 Å². The van der Waals surface area contributed by atoms with Gasteiger partial charge in [-0.25, -0.2) is 0 Å². The van der Waals surface area contributed by atoms with E-state index in [2.05, 4.69) is 28.2 Å². The van der Waals surface area contributed by atoms with E-state index in [9.17, 15) is 4.79 Å². The molecule has 0 radical (unpaired) electrons. The van der Waals surface area contributed by atoms with E-state index in [-0.39, 0.29) is 12.0 Å². The Kier molecular flexibility index (Phi) is 4.26. The van der Waals surface area contributed by atoms with E-state index in [0.717, 1.165) is 19.5 Å². The third kappa shape index (κ3) is 3.76. The lowest BCUT2D eigenvalue weighted by atomic mass is 9.94. The van der Waals surface area contributed by atoms with Gasteiger partial charge in [0.25, 0.3) is 0 Å². The van der Waals surface area contributed by atoms with Crippen LogP contribution in [0.5, 0.6) is 0 Å². The first-order valence-electron chi connectivity index (χ1n) is 6.55. The van der Waals surface area contributed by atoms with Crippen molar-refractivity contribution in [3.05, 3.63) is 23.4 Å². The van der Waals surface area contributed by atoms with Gasteiger partial charge in [-0.05, 0) is 44.4 Å². The van der Waals surface area contributed by atoms with Crippen molar-refractivity contribution in [1.82, 2.24) is 9.62 Å². The molecule has 0 spiro atoms. The number of hydrogen-bond acceptors (Lipinski definition) is 5. The van der Waals surface area contributed by atoms with Gasteiger partial charge < -0.3 is 14.4 Å². The molecule has 5 heteroatoms. The van der Waals surface area contributed by atoms with Crippen LogP contribution in [0.4, 0.5) is 0 Å². The Balaban J connectivity index is 1.99. The van der Waals surface area contributed by atoms with Crippen molar-refractivity contribution < 1.29 is 9.53 Å². The summed E-state index contributed by atoms with van der Waals surface area (Å²) in [5.41, 5.74) is 2.22. The number of carbonyl (C=O) groups excluding carboxylic acids is 1. The molecule has 2 heterocycles. The highest BCUT2D eigenvalue weighted by molar-refractivity contribution is 7.96. The van der Waals surface area contributed by atoms with Crippen LogP contribution in [0.1, 0.15) is 27.2 Å². The van der Waals surface area contributed by atoms with Gasteiger partial charge in [0.05, 0.1) is 6.54 Å². The molecule has 0 fully saturated rings. The third-order valence-corrected chi connectivity index (χ3v) is 3.87. The summed E-state index contributed by atoms with van der Waals surface area (Å²) in [7, 11) is 0. The van der Waals surface area contributed by atoms with Crippen molar-refractivity contribution in [1.29, 1.82) is 0 Å². The molecular weight excluding hydrogens is 260 g/mol. The third-order valence-electron chi connectivity index (χ3n) is 3.15. The molecule has 19 heavy (non-hydrogen) atoms. The fraction of sp³-hybridized carbons (Fsp3) is 0.643. The summed E-state index contributed by atoms with van der Waals surface area (Å²) in [4.78, 5) is 12.1. The van der Waals surface area contributed by atoms with Crippen LogP contribution in [0.3, 0.4) is 0 Å². The van der Waals surface area contributed by atoms with Crippen LogP contribution in [0.2, 0.25) is 0 Å². The second kappa shape index (κ2) is 5.59. The summed E-state index contributed by atoms with van der Waals surface area (Å²) < 4.78 is 7.63. The molecule has 0 saturated heterocycles. The van der Waals surface area contributed by atoms with Gasteiger partial charge in [-0.1, -0.05) is 11.9 Å². The van der Waals surface area contributed by atoms with Crippen molar-refractivity contribution in [2.45, 2.75) is 38.8 Å². The fourth-order valence-electron chi connectivity index (χ4n) is 2.22. The monoisotopic (exact) mass is 282 g/mol. The second-order valence-corrected chi connectivity index (χ2v) is 6.71. The first kappa shape index (κ1) is 14.5. The second-order valence-electron chi connectivity index (χ2n) is 5.87. The van der Waals surface area contributed by atoms with E-state index in [4.69, 9.17) is 4.74 Å². The van der Waals surface area contributed by atoms with Gasteiger partial charge in [-0.15, -0.1) is 0 Å². The van der Waals surface area contributed by atoms with Gasteiger partial charge in [0, 0.05) is 19.0 Å². The van der Waals surface area contributed by atoms with Gasteiger partial charge in [0.15, 0.2) is 0 Å². The molecule has 0 amide bonds. The van der Waals surface area contributed by atoms with Crippen LogP contribution in [0.25, 0.3) is 0 Å². The Hall–Kier alpha value is -0.940. The number of nitrogens with zero attached hydrogens (tertiary/aromatic N) is 1. The van der Waals surface area contributed by atoms with Gasteiger partial charge in [-0.3, -0.25) is 4.79 Å². The van der Waals surface area contributed by atoms with Gasteiger partial charge in [0.2, 0.25) is 0 Å². The highest BCUT2D eigenvalue weighted by Crippen LogP contribution is 2.26. The van der Waals surface area contributed by atoms with E-state index in [1.807, 2.05) is 20.8 Å². The van der Waals surface area contributed by atoms with Gasteiger partial charge in [-0.2, -0.15) is 0 Å². The van der Waals surface area contributed by atoms with Crippen LogP contribution in [-0.2, 0) is 9.53 Å². The molecule has 2 rings (SSSR count). The molecule has 0 aliphatic carbocycles. The van der Waals surface area contributed by atoms with Crippen LogP contribution >= 0.6 is 11.9 Å². The Morgan fingerprint density at radius 1 is 1.53 bits per heavy atom. The van der Waals surface area contributed by atoms with Gasteiger partial charge >= 0.3 is 5.97 Å². The molecule has 1 unspecified atom stereocenters. The molecule has 1 N–H and O–H groups in total. The average molecular weight is 282 g/mol. The summed E-state index contributed by atoms with van der Waals surface area (Å²) in [6.45, 7) is 7.39. The predicted molar refractivity (Wildman–Crippen MR) is 78.6 cm³/mol. The lowest BCUT2D eigenvalue weighted by molar-refractivity contribution is -0.157. The van der Waals surface area contributed by atoms with Gasteiger partial charge in [0.1, 0.15) is 11.6 Å². The molecule has 2 aliphatic heterocycles. The van der Waals surface area contributed by atoms with Crippen LogP contribution in [0.15, 0.2) is 23.4 Å². The molecule has 2 aliphatic rings. The van der Waals surface area contributed by atoms with E-state index in [1.165, 1.54) is 11.1 Å². The van der Waals surface area contributed by atoms with Crippen LogP contribution < -0.4 is 5.32 Å². The maximum absolute atomic E-state index is 12.1. The van der Waals surface area contributed by atoms with Crippen molar-refractivity contribution in [3.8, 4) is 0 Å². The molecule has 0 bridgehead atoms. The zero-order valence-electron chi connectivity index (χ0n) is 12.0. The highest BCUT2D eigenvalue weighted by atomic mass is 32.2. The first-order chi connectivity index (χ1) is 8.89. The van der Waals surface area contributed by atoms with Crippen molar-refractivity contribution in [2.24, 2.45) is 0 Å². The van der Waals surface area contributed by atoms with Crippen LogP contribution in [0, 0.1) is 0 Å². The molecule has 0 aromatic rings. The minimum Gasteiger partial charge on any atom is -0.459 e. The van der Waals surface area contributed by atoms with E-state index in [1.54, 1.807) is 11.9 Å². The van der Waals surface area contributed by atoms with Crippen molar-refractivity contribution in [3.63, 3.8) is 0 Å². The molecule has 0 aromatic heterocycles. The minimum atomic E-state index is -0.425. The summed E-state index contributed by atoms with van der Waals surface area (Å²) >= 11 is 1.71. The Morgan fingerprint density at radius 3 is 2.89 bits per heavy atom. The number of esters is 1. The molecular formula is C14H22N2O2S. The Bertz CT molecular complexity index is 424. The number of rotatable bonds is 2. The van der Waals surface area contributed by atoms with Crippen molar-refractivity contribution in [2.75, 3.05) is 19.3 Å². The summed E-state index contributed by atoms with van der Waals surface area (Å²) in [6, 6.07) is -0.219. The lowest BCUT2D eigenvalue weighted by Crippen LogP contribution is -2.46. The topological polar surface area (TPSA) is 41.6 Å². The smallest absolute Gasteiger partial charge is 0.324 e. The number of ether oxygens (including phenoxy) is 1. The normalized spacial score (nSPS) is 23.4.